The number of nitrogens with zero attached hydrogens (tertiary/aromatic N) is 6. The second-order valence-electron chi connectivity index (χ2n) is 7.73. The van der Waals surface area contributed by atoms with Gasteiger partial charge in [-0.05, 0) is 49.4 Å². The molecule has 1 aliphatic heterocycles. The molecule has 0 atom stereocenters. The number of aromatic nitrogens is 4. The Kier molecular flexibility index (Phi) is 4.28. The molecule has 0 spiro atoms. The quantitative estimate of drug-likeness (QED) is 0.717. The Bertz CT molecular complexity index is 954. The maximum Gasteiger partial charge on any atom is 0.116 e. The lowest BCUT2D eigenvalue weighted by molar-refractivity contribution is 0.243. The number of aryl methyl sites for hydroxylation is 2. The number of piperazine rings is 1. The van der Waals surface area contributed by atoms with Gasteiger partial charge in [0.1, 0.15) is 6.33 Å². The third-order valence-corrected chi connectivity index (χ3v) is 6.05. The van der Waals surface area contributed by atoms with Crippen molar-refractivity contribution in [2.75, 3.05) is 31.1 Å². The van der Waals surface area contributed by atoms with Gasteiger partial charge < -0.3 is 4.90 Å². The number of rotatable bonds is 3. The molecule has 2 aliphatic rings. The molecule has 140 valence electrons. The van der Waals surface area contributed by atoms with Gasteiger partial charge in [0.25, 0.3) is 0 Å². The van der Waals surface area contributed by atoms with Crippen molar-refractivity contribution in [2.45, 2.75) is 32.2 Å². The molecule has 1 aliphatic carbocycles. The monoisotopic (exact) mass is 362 g/mol. The van der Waals surface area contributed by atoms with E-state index in [1.807, 2.05) is 6.20 Å². The summed E-state index contributed by atoms with van der Waals surface area (Å²) in [6, 6.07) is 6.49. The first-order valence-electron chi connectivity index (χ1n) is 9.98. The molecule has 0 amide bonds. The fourth-order valence-electron chi connectivity index (χ4n) is 4.49. The lowest BCUT2D eigenvalue weighted by Crippen LogP contribution is -2.46. The summed E-state index contributed by atoms with van der Waals surface area (Å²) in [7, 11) is 2.11. The average molecular weight is 362 g/mol. The number of benzene rings is 1. The van der Waals surface area contributed by atoms with Crippen molar-refractivity contribution in [1.82, 2.24) is 24.6 Å². The molecule has 6 nitrogen and oxygen atoms in total. The molecule has 2 aromatic heterocycles. The van der Waals surface area contributed by atoms with Crippen LogP contribution in [0.15, 0.2) is 30.7 Å². The van der Waals surface area contributed by atoms with Gasteiger partial charge in [-0.3, -0.25) is 9.58 Å². The van der Waals surface area contributed by atoms with E-state index in [2.05, 4.69) is 49.7 Å². The van der Waals surface area contributed by atoms with Crippen LogP contribution in [-0.2, 0) is 26.4 Å². The summed E-state index contributed by atoms with van der Waals surface area (Å²) in [6.07, 6.45) is 8.47. The Morgan fingerprint density at radius 3 is 2.78 bits per heavy atom. The molecule has 3 heterocycles. The minimum absolute atomic E-state index is 1.01. The molecule has 0 radical (unpaired) electrons. The van der Waals surface area contributed by atoms with Crippen LogP contribution in [0.3, 0.4) is 0 Å². The molecule has 0 N–H and O–H groups in total. The highest BCUT2D eigenvalue weighted by Gasteiger charge is 2.23. The smallest absolute Gasteiger partial charge is 0.116 e. The summed E-state index contributed by atoms with van der Waals surface area (Å²) >= 11 is 0. The highest BCUT2D eigenvalue weighted by atomic mass is 15.3. The summed E-state index contributed by atoms with van der Waals surface area (Å²) in [5, 5.41) is 5.89. The zero-order valence-corrected chi connectivity index (χ0v) is 15.9. The minimum Gasteiger partial charge on any atom is -0.369 e. The predicted molar refractivity (Wildman–Crippen MR) is 107 cm³/mol. The first-order chi connectivity index (χ1) is 13.3. The van der Waals surface area contributed by atoms with E-state index in [1.54, 1.807) is 6.33 Å². The normalized spacial score (nSPS) is 18.0. The Labute approximate surface area is 159 Å². The second-order valence-corrected chi connectivity index (χ2v) is 7.73. The predicted octanol–water partition coefficient (Wildman–Crippen LogP) is 2.56. The lowest BCUT2D eigenvalue weighted by atomic mass is 9.95. The summed E-state index contributed by atoms with van der Waals surface area (Å²) in [5.74, 6) is 0. The summed E-state index contributed by atoms with van der Waals surface area (Å²) < 4.78 is 2.13. The van der Waals surface area contributed by atoms with Gasteiger partial charge in [0.2, 0.25) is 0 Å². The molecule has 0 bridgehead atoms. The van der Waals surface area contributed by atoms with E-state index in [9.17, 15) is 0 Å². The first kappa shape index (κ1) is 16.7. The minimum atomic E-state index is 1.01. The van der Waals surface area contributed by atoms with Crippen molar-refractivity contribution in [3.05, 3.63) is 47.7 Å². The van der Waals surface area contributed by atoms with Crippen LogP contribution in [0.5, 0.6) is 0 Å². The molecular formula is C21H26N6. The van der Waals surface area contributed by atoms with Gasteiger partial charge in [-0.15, -0.1) is 0 Å². The third-order valence-electron chi connectivity index (χ3n) is 6.05. The van der Waals surface area contributed by atoms with Crippen LogP contribution in [0, 0.1) is 0 Å². The van der Waals surface area contributed by atoms with Crippen molar-refractivity contribution >= 4 is 16.6 Å². The first-order valence-corrected chi connectivity index (χ1v) is 9.98. The maximum absolute atomic E-state index is 4.78. The largest absolute Gasteiger partial charge is 0.369 e. The molecule has 1 aromatic carbocycles. The van der Waals surface area contributed by atoms with Crippen LogP contribution in [0.1, 0.15) is 29.8 Å². The van der Waals surface area contributed by atoms with Gasteiger partial charge in [-0.1, -0.05) is 0 Å². The number of anilines is 1. The molecule has 0 unspecified atom stereocenters. The van der Waals surface area contributed by atoms with E-state index in [0.717, 1.165) is 50.0 Å². The van der Waals surface area contributed by atoms with Gasteiger partial charge in [0, 0.05) is 57.0 Å². The maximum atomic E-state index is 4.78. The second kappa shape index (κ2) is 6.93. The fourth-order valence-corrected chi connectivity index (χ4v) is 4.49. The molecule has 1 saturated heterocycles. The van der Waals surface area contributed by atoms with E-state index in [4.69, 9.17) is 5.10 Å². The Morgan fingerprint density at radius 2 is 1.89 bits per heavy atom. The Balaban J connectivity index is 1.27. The molecule has 3 aromatic rings. The Hall–Kier alpha value is -2.47. The molecule has 5 rings (SSSR count). The highest BCUT2D eigenvalue weighted by molar-refractivity contribution is 5.81. The highest BCUT2D eigenvalue weighted by Crippen LogP contribution is 2.26. The van der Waals surface area contributed by atoms with Gasteiger partial charge in [0.15, 0.2) is 0 Å². The van der Waals surface area contributed by atoms with Crippen molar-refractivity contribution < 1.29 is 0 Å². The van der Waals surface area contributed by atoms with Crippen LogP contribution in [0.4, 0.5) is 5.69 Å². The fraction of sp³-hybridized carbons (Fsp3) is 0.476. The van der Waals surface area contributed by atoms with Gasteiger partial charge in [0.05, 0.1) is 16.9 Å². The number of hydrogen-bond donors (Lipinski definition) is 0. The zero-order chi connectivity index (χ0) is 18.2. The van der Waals surface area contributed by atoms with Crippen LogP contribution in [0.25, 0.3) is 10.9 Å². The standard InChI is InChI=1S/C21H26N6/c1-25-21(18-4-2-3-5-20(18)24-25)14-26-8-10-27(11-9-26)17-6-7-19-16(12-17)13-22-15-23-19/h6-7,12-13,15H,2-5,8-11,14H2,1H3. The SMILES string of the molecule is Cn1nc2c(c1CN1CCN(c3ccc4ncncc4c3)CC1)CCCC2. The Morgan fingerprint density at radius 1 is 1.04 bits per heavy atom. The van der Waals surface area contributed by atoms with E-state index in [-0.39, 0.29) is 0 Å². The molecule has 6 heteroatoms. The van der Waals surface area contributed by atoms with Gasteiger partial charge >= 0.3 is 0 Å². The van der Waals surface area contributed by atoms with Crippen LogP contribution >= 0.6 is 0 Å². The van der Waals surface area contributed by atoms with Crippen molar-refractivity contribution in [3.8, 4) is 0 Å². The molecular weight excluding hydrogens is 336 g/mol. The summed E-state index contributed by atoms with van der Waals surface area (Å²) in [6.45, 7) is 5.31. The summed E-state index contributed by atoms with van der Waals surface area (Å²) in [4.78, 5) is 13.5. The van der Waals surface area contributed by atoms with E-state index in [0.29, 0.717) is 0 Å². The average Bonchev–Trinajstić information content (AvgIpc) is 3.03. The van der Waals surface area contributed by atoms with Crippen LogP contribution < -0.4 is 4.90 Å². The van der Waals surface area contributed by atoms with E-state index in [1.165, 1.54) is 41.9 Å². The number of hydrogen-bond acceptors (Lipinski definition) is 5. The van der Waals surface area contributed by atoms with Crippen LogP contribution in [0.2, 0.25) is 0 Å². The van der Waals surface area contributed by atoms with E-state index >= 15 is 0 Å². The third kappa shape index (κ3) is 3.18. The van der Waals surface area contributed by atoms with E-state index < -0.39 is 0 Å². The topological polar surface area (TPSA) is 50.1 Å². The molecule has 0 saturated carbocycles. The van der Waals surface area contributed by atoms with Gasteiger partial charge in [-0.25, -0.2) is 9.97 Å². The van der Waals surface area contributed by atoms with Crippen molar-refractivity contribution in [2.24, 2.45) is 7.05 Å². The molecule has 1 fully saturated rings. The lowest BCUT2D eigenvalue weighted by Gasteiger charge is -2.36. The summed E-state index contributed by atoms with van der Waals surface area (Å²) in [5.41, 5.74) is 6.58. The number of fused-ring (bicyclic) bond motifs is 2. The molecule has 27 heavy (non-hydrogen) atoms. The van der Waals surface area contributed by atoms with Crippen molar-refractivity contribution in [3.63, 3.8) is 0 Å². The van der Waals surface area contributed by atoms with Crippen molar-refractivity contribution in [1.29, 1.82) is 0 Å². The zero-order valence-electron chi connectivity index (χ0n) is 15.9. The van der Waals surface area contributed by atoms with Gasteiger partial charge in [-0.2, -0.15) is 5.10 Å². The van der Waals surface area contributed by atoms with Crippen LogP contribution in [-0.4, -0.2) is 50.8 Å².